The van der Waals surface area contributed by atoms with E-state index >= 15 is 0 Å². The number of nitrogens with zero attached hydrogens (tertiary/aromatic N) is 5. The standard InChI is InChI=1S/C29H29FN10/c30-22-7-17(10-31)5-19(8-22)24-14-34-15-25-26(24)37-29(36-25)27-23-9-21(13-35-28(23)39-38-27)20-6-18(11-33-12-20)16-40-3-1-32-2-4-40/h5-9,11-15,29,32,36-37H,1-4,10,16,31H2,(H,35,38,39). The van der Waals surface area contributed by atoms with Gasteiger partial charge in [0, 0.05) is 86.1 Å². The Morgan fingerprint density at radius 2 is 1.70 bits per heavy atom. The summed E-state index contributed by atoms with van der Waals surface area (Å²) in [6, 6.07) is 9.12. The molecule has 5 aromatic rings. The van der Waals surface area contributed by atoms with Crippen molar-refractivity contribution in [2.24, 2.45) is 5.73 Å². The van der Waals surface area contributed by atoms with Crippen molar-refractivity contribution < 1.29 is 4.39 Å². The van der Waals surface area contributed by atoms with E-state index in [1.54, 1.807) is 12.4 Å². The van der Waals surface area contributed by atoms with Gasteiger partial charge in [-0.15, -0.1) is 0 Å². The molecule has 1 aromatic carbocycles. The van der Waals surface area contributed by atoms with Gasteiger partial charge in [0.15, 0.2) is 5.65 Å². The summed E-state index contributed by atoms with van der Waals surface area (Å²) in [7, 11) is 0. The molecular formula is C29H29FN10. The first-order valence-electron chi connectivity index (χ1n) is 13.4. The zero-order valence-electron chi connectivity index (χ0n) is 21.8. The lowest BCUT2D eigenvalue weighted by atomic mass is 10.0. The number of aromatic amines is 1. The fourth-order valence-corrected chi connectivity index (χ4v) is 5.50. The number of H-pyrrole nitrogens is 1. The van der Waals surface area contributed by atoms with Crippen LogP contribution in [0.25, 0.3) is 33.3 Å². The molecule has 2 aliphatic heterocycles. The molecule has 1 saturated heterocycles. The summed E-state index contributed by atoms with van der Waals surface area (Å²) < 4.78 is 14.3. The number of piperazine rings is 1. The largest absolute Gasteiger partial charge is 0.358 e. The predicted octanol–water partition coefficient (Wildman–Crippen LogP) is 3.62. The zero-order chi connectivity index (χ0) is 27.1. The Morgan fingerprint density at radius 3 is 2.58 bits per heavy atom. The lowest BCUT2D eigenvalue weighted by molar-refractivity contribution is 0.233. The highest BCUT2D eigenvalue weighted by Crippen LogP contribution is 2.42. The molecule has 0 aliphatic carbocycles. The van der Waals surface area contributed by atoms with Gasteiger partial charge < -0.3 is 21.7 Å². The SMILES string of the molecule is NCc1cc(F)cc(-c2cncc3c2NC(c2[nH]nc4ncc(-c5cncc(CN6CCNCC6)c5)cc24)N3)c1. The maximum Gasteiger partial charge on any atom is 0.181 e. The summed E-state index contributed by atoms with van der Waals surface area (Å²) >= 11 is 0. The Bertz CT molecular complexity index is 1690. The summed E-state index contributed by atoms with van der Waals surface area (Å²) in [5.41, 5.74) is 14.3. The van der Waals surface area contributed by atoms with Crippen LogP contribution >= 0.6 is 0 Å². The van der Waals surface area contributed by atoms with E-state index in [0.29, 0.717) is 11.2 Å². The van der Waals surface area contributed by atoms with Gasteiger partial charge in [-0.25, -0.2) is 9.37 Å². The van der Waals surface area contributed by atoms with E-state index in [1.165, 1.54) is 17.7 Å². The minimum absolute atomic E-state index is 0.255. The van der Waals surface area contributed by atoms with Gasteiger partial charge in [-0.05, 0) is 47.0 Å². The molecule has 0 bridgehead atoms. The quantitative estimate of drug-likeness (QED) is 0.221. The number of fused-ring (bicyclic) bond motifs is 2. The number of rotatable bonds is 6. The van der Waals surface area contributed by atoms with Crippen molar-refractivity contribution in [1.29, 1.82) is 0 Å². The number of halogens is 1. The van der Waals surface area contributed by atoms with E-state index in [0.717, 1.165) is 77.4 Å². The molecule has 202 valence electrons. The van der Waals surface area contributed by atoms with Crippen molar-refractivity contribution in [2.75, 3.05) is 36.8 Å². The summed E-state index contributed by atoms with van der Waals surface area (Å²) in [5.74, 6) is -0.331. The molecule has 0 saturated carbocycles. The summed E-state index contributed by atoms with van der Waals surface area (Å²) in [6.07, 6.45) is 8.83. The number of pyridine rings is 3. The molecule has 11 heteroatoms. The first-order chi connectivity index (χ1) is 19.6. The third kappa shape index (κ3) is 4.64. The van der Waals surface area contributed by atoms with Crippen molar-refractivity contribution in [2.45, 2.75) is 19.3 Å². The van der Waals surface area contributed by atoms with Gasteiger partial charge >= 0.3 is 0 Å². The molecular weight excluding hydrogens is 507 g/mol. The second-order valence-corrected chi connectivity index (χ2v) is 10.2. The summed E-state index contributed by atoms with van der Waals surface area (Å²) in [6.45, 7) is 5.22. The van der Waals surface area contributed by atoms with E-state index in [9.17, 15) is 4.39 Å². The van der Waals surface area contributed by atoms with Crippen LogP contribution in [0.1, 0.15) is 23.0 Å². The Labute approximate surface area is 230 Å². The molecule has 6 heterocycles. The zero-order valence-corrected chi connectivity index (χ0v) is 21.8. The highest BCUT2D eigenvalue weighted by atomic mass is 19.1. The topological polar surface area (TPSA) is 133 Å². The first kappa shape index (κ1) is 24.6. The molecule has 40 heavy (non-hydrogen) atoms. The maximum absolute atomic E-state index is 14.3. The van der Waals surface area contributed by atoms with Crippen LogP contribution in [0.2, 0.25) is 0 Å². The van der Waals surface area contributed by atoms with Crippen molar-refractivity contribution in [3.63, 3.8) is 0 Å². The molecule has 1 fully saturated rings. The smallest absolute Gasteiger partial charge is 0.181 e. The molecule has 4 aromatic heterocycles. The third-order valence-electron chi connectivity index (χ3n) is 7.51. The fraction of sp³-hybridized carbons (Fsp3) is 0.241. The second-order valence-electron chi connectivity index (χ2n) is 10.2. The normalized spacial score (nSPS) is 17.0. The van der Waals surface area contributed by atoms with Gasteiger partial charge in [0.1, 0.15) is 12.0 Å². The number of benzene rings is 1. The second kappa shape index (κ2) is 10.3. The van der Waals surface area contributed by atoms with E-state index in [-0.39, 0.29) is 18.5 Å². The number of nitrogens with one attached hydrogen (secondary N) is 4. The molecule has 7 rings (SSSR count). The minimum Gasteiger partial charge on any atom is -0.358 e. The highest BCUT2D eigenvalue weighted by molar-refractivity contribution is 5.91. The Balaban J connectivity index is 1.19. The van der Waals surface area contributed by atoms with Gasteiger partial charge in [0.05, 0.1) is 23.3 Å². The van der Waals surface area contributed by atoms with Crippen LogP contribution in [0, 0.1) is 5.82 Å². The number of nitrogens with two attached hydrogens (primary N) is 1. The third-order valence-corrected chi connectivity index (χ3v) is 7.51. The Kier molecular flexibility index (Phi) is 6.31. The van der Waals surface area contributed by atoms with Gasteiger partial charge in [-0.1, -0.05) is 0 Å². The maximum atomic E-state index is 14.3. The average Bonchev–Trinajstić information content (AvgIpc) is 3.61. The van der Waals surface area contributed by atoms with E-state index in [2.05, 4.69) is 58.1 Å². The van der Waals surface area contributed by atoms with Crippen LogP contribution < -0.4 is 21.7 Å². The van der Waals surface area contributed by atoms with Crippen molar-refractivity contribution in [3.05, 3.63) is 84.0 Å². The predicted molar refractivity (Wildman–Crippen MR) is 153 cm³/mol. The van der Waals surface area contributed by atoms with Gasteiger partial charge in [0.2, 0.25) is 0 Å². The van der Waals surface area contributed by atoms with Gasteiger partial charge in [-0.2, -0.15) is 5.10 Å². The number of hydrogen-bond acceptors (Lipinski definition) is 9. The van der Waals surface area contributed by atoms with Crippen LogP contribution in [0.4, 0.5) is 15.8 Å². The van der Waals surface area contributed by atoms with E-state index in [1.807, 2.05) is 24.7 Å². The summed E-state index contributed by atoms with van der Waals surface area (Å²) in [4.78, 5) is 16.0. The first-order valence-corrected chi connectivity index (χ1v) is 13.4. The van der Waals surface area contributed by atoms with Crippen molar-refractivity contribution >= 4 is 22.4 Å². The van der Waals surface area contributed by atoms with Crippen LogP contribution in [0.3, 0.4) is 0 Å². The highest BCUT2D eigenvalue weighted by Gasteiger charge is 2.28. The lowest BCUT2D eigenvalue weighted by Gasteiger charge is -2.27. The van der Waals surface area contributed by atoms with Crippen LogP contribution in [-0.2, 0) is 13.1 Å². The fourth-order valence-electron chi connectivity index (χ4n) is 5.50. The Hall–Kier alpha value is -4.45. The van der Waals surface area contributed by atoms with E-state index < -0.39 is 0 Å². The molecule has 0 radical (unpaired) electrons. The van der Waals surface area contributed by atoms with Gasteiger partial charge in [0.25, 0.3) is 0 Å². The molecule has 0 spiro atoms. The average molecular weight is 537 g/mol. The molecule has 0 amide bonds. The molecule has 6 N–H and O–H groups in total. The monoisotopic (exact) mass is 536 g/mol. The minimum atomic E-state index is -0.331. The van der Waals surface area contributed by atoms with E-state index in [4.69, 9.17) is 5.73 Å². The number of aromatic nitrogens is 5. The molecule has 1 unspecified atom stereocenters. The molecule has 2 aliphatic rings. The Morgan fingerprint density at radius 1 is 0.875 bits per heavy atom. The van der Waals surface area contributed by atoms with Crippen LogP contribution in [0.5, 0.6) is 0 Å². The lowest BCUT2D eigenvalue weighted by Crippen LogP contribution is -2.42. The number of anilines is 2. The molecule has 1 atom stereocenters. The van der Waals surface area contributed by atoms with Crippen LogP contribution in [0.15, 0.2) is 61.3 Å². The van der Waals surface area contributed by atoms with Crippen LogP contribution in [-0.4, -0.2) is 56.2 Å². The van der Waals surface area contributed by atoms with Crippen molar-refractivity contribution in [1.82, 2.24) is 35.4 Å². The number of hydrogen-bond donors (Lipinski definition) is 5. The van der Waals surface area contributed by atoms with Crippen molar-refractivity contribution in [3.8, 4) is 22.3 Å². The molecule has 10 nitrogen and oxygen atoms in total. The summed E-state index contributed by atoms with van der Waals surface area (Å²) in [5, 5.41) is 18.9. The van der Waals surface area contributed by atoms with Gasteiger partial charge in [-0.3, -0.25) is 20.0 Å².